The van der Waals surface area contributed by atoms with E-state index in [9.17, 15) is 0 Å². The molecule has 296 valence electrons. The number of hydrogen-bond donors (Lipinski definition) is 0. The third-order valence-electron chi connectivity index (χ3n) is 12.3. The molecule has 2 heterocycles. The lowest BCUT2D eigenvalue weighted by atomic mass is 9.89. The van der Waals surface area contributed by atoms with E-state index in [-0.39, 0.29) is 0 Å². The molecule has 0 radical (unpaired) electrons. The molecular weight excluding hydrogens is 767 g/mol. The molecule has 0 fully saturated rings. The van der Waals surface area contributed by atoms with Crippen molar-refractivity contribution in [2.75, 3.05) is 4.90 Å². The maximum Gasteiger partial charge on any atom is 0.143 e. The van der Waals surface area contributed by atoms with Gasteiger partial charge in [0.05, 0.1) is 0 Å². The molecule has 0 atom stereocenters. The molecule has 0 saturated heterocycles. The zero-order valence-corrected chi connectivity index (χ0v) is 34.3. The lowest BCUT2D eigenvalue weighted by molar-refractivity contribution is 0.670. The van der Waals surface area contributed by atoms with Gasteiger partial charge < -0.3 is 13.7 Å². The lowest BCUT2D eigenvalue weighted by Gasteiger charge is -2.27. The Bertz CT molecular complexity index is 3520. The predicted octanol–water partition coefficient (Wildman–Crippen LogP) is 17.3. The van der Waals surface area contributed by atoms with Crippen molar-refractivity contribution in [1.82, 2.24) is 0 Å². The summed E-state index contributed by atoms with van der Waals surface area (Å²) < 4.78 is 13.3. The summed E-state index contributed by atoms with van der Waals surface area (Å²) in [6.45, 7) is 0. The van der Waals surface area contributed by atoms with Crippen LogP contribution in [-0.2, 0) is 0 Å². The van der Waals surface area contributed by atoms with E-state index in [0.29, 0.717) is 0 Å². The van der Waals surface area contributed by atoms with Gasteiger partial charge in [-0.25, -0.2) is 0 Å². The van der Waals surface area contributed by atoms with Gasteiger partial charge in [0.1, 0.15) is 22.3 Å². The van der Waals surface area contributed by atoms with E-state index in [4.69, 9.17) is 8.83 Å². The Morgan fingerprint density at radius 2 is 0.667 bits per heavy atom. The molecule has 12 rings (SSSR count). The molecule has 0 unspecified atom stereocenters. The van der Waals surface area contributed by atoms with E-state index in [2.05, 4.69) is 223 Å². The second kappa shape index (κ2) is 15.3. The molecule has 0 saturated carbocycles. The average Bonchev–Trinajstić information content (AvgIpc) is 3.94. The number of hydrogen-bond acceptors (Lipinski definition) is 3. The van der Waals surface area contributed by atoms with Crippen LogP contribution in [0.4, 0.5) is 17.1 Å². The van der Waals surface area contributed by atoms with E-state index < -0.39 is 0 Å². The fourth-order valence-corrected chi connectivity index (χ4v) is 9.25. The standard InChI is InChI=1S/C60H39NO2/c1-3-14-40(15-4-1)42-28-33-46(34-29-42)61(47-35-30-43(31-36-47)41-16-5-2-6-17-41)48-19-11-18-44(38-48)49-37-32-45(50-22-12-23-53-51-20-7-9-26-57(51)62-59(50)53)39-56(49)55-25-13-24-54-52-21-8-10-27-58(52)63-60(54)55/h1-39H. The van der Waals surface area contributed by atoms with E-state index in [1.165, 1.54) is 22.3 Å². The van der Waals surface area contributed by atoms with Gasteiger partial charge in [0, 0.05) is 49.7 Å². The largest absolute Gasteiger partial charge is 0.455 e. The first-order chi connectivity index (χ1) is 31.2. The maximum absolute atomic E-state index is 6.72. The van der Waals surface area contributed by atoms with E-state index in [1.54, 1.807) is 0 Å². The van der Waals surface area contributed by atoms with Crippen LogP contribution in [0.3, 0.4) is 0 Å². The summed E-state index contributed by atoms with van der Waals surface area (Å²) >= 11 is 0. The summed E-state index contributed by atoms with van der Waals surface area (Å²) in [6, 6.07) is 84.1. The van der Waals surface area contributed by atoms with Crippen LogP contribution in [0.15, 0.2) is 245 Å². The van der Waals surface area contributed by atoms with Gasteiger partial charge in [-0.15, -0.1) is 0 Å². The Hall–Kier alpha value is -8.40. The Morgan fingerprint density at radius 1 is 0.238 bits per heavy atom. The molecule has 0 bridgehead atoms. The number of anilines is 3. The van der Waals surface area contributed by atoms with Gasteiger partial charge in [-0.05, 0) is 99.1 Å². The molecule has 0 N–H and O–H groups in total. The van der Waals surface area contributed by atoms with Crippen molar-refractivity contribution in [1.29, 1.82) is 0 Å². The summed E-state index contributed by atoms with van der Waals surface area (Å²) in [5.41, 5.74) is 17.9. The van der Waals surface area contributed by atoms with Crippen LogP contribution in [0.25, 0.3) is 99.5 Å². The molecule has 10 aromatic carbocycles. The molecular formula is C60H39NO2. The highest BCUT2D eigenvalue weighted by atomic mass is 16.3. The minimum absolute atomic E-state index is 0.869. The van der Waals surface area contributed by atoms with Crippen LogP contribution in [0.5, 0.6) is 0 Å². The average molecular weight is 806 g/mol. The highest BCUT2D eigenvalue weighted by Gasteiger charge is 2.20. The summed E-state index contributed by atoms with van der Waals surface area (Å²) in [5.74, 6) is 0. The highest BCUT2D eigenvalue weighted by Crippen LogP contribution is 2.45. The Kier molecular flexibility index (Phi) is 8.83. The Balaban J connectivity index is 1.04. The molecule has 0 amide bonds. The first-order valence-electron chi connectivity index (χ1n) is 21.4. The summed E-state index contributed by atoms with van der Waals surface area (Å²) in [7, 11) is 0. The molecule has 0 spiro atoms. The zero-order valence-electron chi connectivity index (χ0n) is 34.3. The van der Waals surface area contributed by atoms with E-state index in [1.807, 2.05) is 18.2 Å². The molecule has 0 aliphatic carbocycles. The lowest BCUT2D eigenvalue weighted by Crippen LogP contribution is -2.10. The quantitative estimate of drug-likeness (QED) is 0.153. The monoisotopic (exact) mass is 805 g/mol. The van der Waals surface area contributed by atoms with Gasteiger partial charge in [0.15, 0.2) is 0 Å². The smallest absolute Gasteiger partial charge is 0.143 e. The van der Waals surface area contributed by atoms with Crippen molar-refractivity contribution >= 4 is 60.9 Å². The van der Waals surface area contributed by atoms with Gasteiger partial charge in [0.2, 0.25) is 0 Å². The molecule has 0 aliphatic rings. The van der Waals surface area contributed by atoms with Crippen molar-refractivity contribution in [3.8, 4) is 55.6 Å². The third kappa shape index (κ3) is 6.46. The SMILES string of the molecule is c1ccc(-c2ccc(N(c3ccc(-c4ccccc4)cc3)c3cccc(-c4ccc(-c5cccc6c5oc5ccccc56)cc4-c4cccc5c4oc4ccccc45)c3)cc2)cc1. The molecule has 0 aliphatic heterocycles. The predicted molar refractivity (Wildman–Crippen MR) is 263 cm³/mol. The van der Waals surface area contributed by atoms with Gasteiger partial charge in [-0.2, -0.15) is 0 Å². The zero-order chi connectivity index (χ0) is 41.7. The summed E-state index contributed by atoms with van der Waals surface area (Å²) in [4.78, 5) is 2.35. The minimum atomic E-state index is 0.869. The summed E-state index contributed by atoms with van der Waals surface area (Å²) in [6.07, 6.45) is 0. The van der Waals surface area contributed by atoms with Gasteiger partial charge >= 0.3 is 0 Å². The first kappa shape index (κ1) is 36.5. The highest BCUT2D eigenvalue weighted by molar-refractivity contribution is 6.12. The van der Waals surface area contributed by atoms with Crippen molar-refractivity contribution < 1.29 is 8.83 Å². The van der Waals surface area contributed by atoms with E-state index >= 15 is 0 Å². The number of fused-ring (bicyclic) bond motifs is 6. The van der Waals surface area contributed by atoms with Gasteiger partial charge in [-0.1, -0.05) is 182 Å². The number of furan rings is 2. The molecule has 63 heavy (non-hydrogen) atoms. The topological polar surface area (TPSA) is 29.5 Å². The molecule has 12 aromatic rings. The Labute approximate surface area is 365 Å². The normalized spacial score (nSPS) is 11.5. The number of nitrogens with zero attached hydrogens (tertiary/aromatic N) is 1. The molecule has 3 heteroatoms. The van der Waals surface area contributed by atoms with Crippen molar-refractivity contribution in [3.63, 3.8) is 0 Å². The third-order valence-corrected chi connectivity index (χ3v) is 12.3. The van der Waals surface area contributed by atoms with Crippen LogP contribution >= 0.6 is 0 Å². The second-order valence-electron chi connectivity index (χ2n) is 16.0. The van der Waals surface area contributed by atoms with Crippen molar-refractivity contribution in [3.05, 3.63) is 237 Å². The van der Waals surface area contributed by atoms with Gasteiger partial charge in [0.25, 0.3) is 0 Å². The van der Waals surface area contributed by atoms with Crippen LogP contribution in [-0.4, -0.2) is 0 Å². The Morgan fingerprint density at radius 3 is 1.25 bits per heavy atom. The number of para-hydroxylation sites is 4. The van der Waals surface area contributed by atoms with Crippen molar-refractivity contribution in [2.24, 2.45) is 0 Å². The number of benzene rings is 10. The second-order valence-corrected chi connectivity index (χ2v) is 16.0. The maximum atomic E-state index is 6.72. The fourth-order valence-electron chi connectivity index (χ4n) is 9.25. The molecule has 2 aromatic heterocycles. The van der Waals surface area contributed by atoms with E-state index in [0.717, 1.165) is 94.3 Å². The number of rotatable bonds is 8. The van der Waals surface area contributed by atoms with Crippen LogP contribution in [0.2, 0.25) is 0 Å². The summed E-state index contributed by atoms with van der Waals surface area (Å²) in [5, 5.41) is 4.42. The minimum Gasteiger partial charge on any atom is -0.455 e. The van der Waals surface area contributed by atoms with Crippen molar-refractivity contribution in [2.45, 2.75) is 0 Å². The van der Waals surface area contributed by atoms with Crippen LogP contribution < -0.4 is 4.90 Å². The molecule has 3 nitrogen and oxygen atoms in total. The van der Waals surface area contributed by atoms with Gasteiger partial charge in [-0.3, -0.25) is 0 Å². The fraction of sp³-hybridized carbons (Fsp3) is 0. The van der Waals surface area contributed by atoms with Crippen LogP contribution in [0, 0.1) is 0 Å². The van der Waals surface area contributed by atoms with Crippen LogP contribution in [0.1, 0.15) is 0 Å². The first-order valence-corrected chi connectivity index (χ1v) is 21.4.